The van der Waals surface area contributed by atoms with Crippen LogP contribution in [0.3, 0.4) is 0 Å². The fraction of sp³-hybridized carbons (Fsp3) is 0. The average molecular weight is 194 g/mol. The van der Waals surface area contributed by atoms with E-state index >= 15 is 0 Å². The molecule has 0 spiro atoms. The van der Waals surface area contributed by atoms with Gasteiger partial charge < -0.3 is 0 Å². The highest BCUT2D eigenvalue weighted by atomic mass is 15.4. The van der Waals surface area contributed by atoms with Crippen LogP contribution in [0.1, 0.15) is 0 Å². The zero-order chi connectivity index (χ0) is 10.1. The molecule has 0 fully saturated rings. The first-order valence-electron chi connectivity index (χ1n) is 4.72. The van der Waals surface area contributed by atoms with Gasteiger partial charge in [0.15, 0.2) is 0 Å². The minimum Gasteiger partial charge on any atom is -0.219 e. The Bertz CT molecular complexity index is 579. The molecule has 0 unspecified atom stereocenters. The molecule has 0 atom stereocenters. The Labute approximate surface area is 87.0 Å². The highest BCUT2D eigenvalue weighted by Gasteiger charge is 2.01. The molecular formula is C12H8N3. The van der Waals surface area contributed by atoms with Crippen LogP contribution in [0.5, 0.6) is 0 Å². The Balaban J connectivity index is 2.36. The highest BCUT2D eigenvalue weighted by molar-refractivity contribution is 5.89. The smallest absolute Gasteiger partial charge is 0.135 e. The second-order valence-corrected chi connectivity index (χ2v) is 3.29. The third kappa shape index (κ3) is 1.29. The summed E-state index contributed by atoms with van der Waals surface area (Å²) < 4.78 is 1.72. The van der Waals surface area contributed by atoms with E-state index < -0.39 is 0 Å². The molecule has 0 amide bonds. The number of fused-ring (bicyclic) bond motifs is 1. The predicted octanol–water partition coefficient (Wildman–Crippen LogP) is 2.22. The summed E-state index contributed by atoms with van der Waals surface area (Å²) >= 11 is 0. The molecular weight excluding hydrogens is 186 g/mol. The third-order valence-corrected chi connectivity index (χ3v) is 2.39. The maximum Gasteiger partial charge on any atom is 0.135 e. The van der Waals surface area contributed by atoms with Crippen molar-refractivity contribution in [2.45, 2.75) is 0 Å². The third-order valence-electron chi connectivity index (χ3n) is 2.39. The van der Waals surface area contributed by atoms with Crippen LogP contribution in [0, 0.1) is 6.20 Å². The first kappa shape index (κ1) is 8.17. The van der Waals surface area contributed by atoms with Gasteiger partial charge in [0.05, 0.1) is 11.9 Å². The summed E-state index contributed by atoms with van der Waals surface area (Å²) in [7, 11) is 0. The van der Waals surface area contributed by atoms with Crippen LogP contribution in [0.4, 0.5) is 0 Å². The van der Waals surface area contributed by atoms with Crippen LogP contribution < -0.4 is 0 Å². The molecule has 0 aliphatic heterocycles. The van der Waals surface area contributed by atoms with Gasteiger partial charge in [-0.25, -0.2) is 4.68 Å². The second-order valence-electron chi connectivity index (χ2n) is 3.29. The molecule has 15 heavy (non-hydrogen) atoms. The molecule has 2 aromatic carbocycles. The van der Waals surface area contributed by atoms with Crippen molar-refractivity contribution in [2.75, 3.05) is 0 Å². The van der Waals surface area contributed by atoms with Crippen molar-refractivity contribution >= 4 is 10.8 Å². The van der Waals surface area contributed by atoms with Crippen molar-refractivity contribution in [2.24, 2.45) is 0 Å². The van der Waals surface area contributed by atoms with Crippen molar-refractivity contribution < 1.29 is 0 Å². The first-order valence-corrected chi connectivity index (χ1v) is 4.72. The molecule has 1 aromatic heterocycles. The van der Waals surface area contributed by atoms with E-state index in [9.17, 15) is 0 Å². The van der Waals surface area contributed by atoms with Gasteiger partial charge in [0, 0.05) is 5.39 Å². The van der Waals surface area contributed by atoms with E-state index in [1.807, 2.05) is 24.3 Å². The molecule has 0 bridgehead atoms. The lowest BCUT2D eigenvalue weighted by atomic mass is 10.1. The lowest BCUT2D eigenvalue weighted by Crippen LogP contribution is -1.95. The zero-order valence-corrected chi connectivity index (χ0v) is 7.96. The molecule has 0 saturated heterocycles. The first-order chi connectivity index (χ1) is 7.45. The summed E-state index contributed by atoms with van der Waals surface area (Å²) in [6, 6.07) is 14.3. The monoisotopic (exact) mass is 194 g/mol. The Morgan fingerprint density at radius 2 is 1.87 bits per heavy atom. The predicted molar refractivity (Wildman–Crippen MR) is 57.7 cm³/mol. The summed E-state index contributed by atoms with van der Waals surface area (Å²) in [6.07, 6.45) is 4.42. The van der Waals surface area contributed by atoms with Crippen molar-refractivity contribution in [1.82, 2.24) is 15.0 Å². The maximum atomic E-state index is 3.95. The maximum absolute atomic E-state index is 3.95. The fourth-order valence-electron chi connectivity index (χ4n) is 1.71. The van der Waals surface area contributed by atoms with Gasteiger partial charge in [-0.15, -0.1) is 5.10 Å². The molecule has 3 heteroatoms. The van der Waals surface area contributed by atoms with E-state index in [2.05, 4.69) is 34.7 Å². The number of hydrogen-bond acceptors (Lipinski definition) is 2. The van der Waals surface area contributed by atoms with Gasteiger partial charge in [-0.3, -0.25) is 0 Å². The number of nitrogens with zero attached hydrogens (tertiary/aromatic N) is 3. The number of hydrogen-bond donors (Lipinski definition) is 0. The van der Waals surface area contributed by atoms with Gasteiger partial charge in [0.25, 0.3) is 0 Å². The van der Waals surface area contributed by atoms with Gasteiger partial charge in [-0.2, -0.15) is 0 Å². The van der Waals surface area contributed by atoms with Crippen molar-refractivity contribution in [3.05, 3.63) is 54.9 Å². The van der Waals surface area contributed by atoms with E-state index in [1.54, 1.807) is 10.9 Å². The molecule has 0 aliphatic carbocycles. The number of benzene rings is 2. The van der Waals surface area contributed by atoms with E-state index in [1.165, 1.54) is 10.8 Å². The lowest BCUT2D eigenvalue weighted by molar-refractivity contribution is 0.807. The highest BCUT2D eigenvalue weighted by Crippen LogP contribution is 2.20. The summed E-state index contributed by atoms with van der Waals surface area (Å²) in [4.78, 5) is 0. The Morgan fingerprint density at radius 1 is 1.00 bits per heavy atom. The summed E-state index contributed by atoms with van der Waals surface area (Å²) in [5, 5.41) is 10.0. The van der Waals surface area contributed by atoms with E-state index in [0.29, 0.717) is 0 Å². The molecule has 1 heterocycles. The molecule has 3 rings (SSSR count). The molecule has 1 radical (unpaired) electrons. The molecule has 3 nitrogen and oxygen atoms in total. The summed E-state index contributed by atoms with van der Waals surface area (Å²) in [5.41, 5.74) is 1.03. The van der Waals surface area contributed by atoms with Gasteiger partial charge in [0.1, 0.15) is 6.20 Å². The number of rotatable bonds is 1. The van der Waals surface area contributed by atoms with Gasteiger partial charge >= 0.3 is 0 Å². The van der Waals surface area contributed by atoms with Crippen LogP contribution >= 0.6 is 0 Å². The largest absolute Gasteiger partial charge is 0.219 e. The van der Waals surface area contributed by atoms with Gasteiger partial charge in [-0.1, -0.05) is 41.6 Å². The minimum atomic E-state index is 1.03. The van der Waals surface area contributed by atoms with Crippen molar-refractivity contribution in [3.63, 3.8) is 0 Å². The van der Waals surface area contributed by atoms with Crippen LogP contribution in [0.15, 0.2) is 48.7 Å². The van der Waals surface area contributed by atoms with Crippen LogP contribution in [-0.2, 0) is 0 Å². The van der Waals surface area contributed by atoms with Gasteiger partial charge in [-0.05, 0) is 11.5 Å². The SMILES string of the molecule is [c]1cn(-c2cccc3ccccc23)nn1. The van der Waals surface area contributed by atoms with Gasteiger partial charge in [0.2, 0.25) is 0 Å². The summed E-state index contributed by atoms with van der Waals surface area (Å²) in [5.74, 6) is 0. The summed E-state index contributed by atoms with van der Waals surface area (Å²) in [6.45, 7) is 0. The Kier molecular flexibility index (Phi) is 1.75. The topological polar surface area (TPSA) is 30.7 Å². The van der Waals surface area contributed by atoms with E-state index in [4.69, 9.17) is 0 Å². The Hall–Kier alpha value is -2.16. The molecule has 71 valence electrons. The van der Waals surface area contributed by atoms with E-state index in [-0.39, 0.29) is 0 Å². The lowest BCUT2D eigenvalue weighted by Gasteiger charge is -2.04. The van der Waals surface area contributed by atoms with E-state index in [0.717, 1.165) is 5.69 Å². The fourth-order valence-corrected chi connectivity index (χ4v) is 1.71. The molecule has 0 N–H and O–H groups in total. The Morgan fingerprint density at radius 3 is 2.73 bits per heavy atom. The van der Waals surface area contributed by atoms with Crippen molar-refractivity contribution in [1.29, 1.82) is 0 Å². The number of aromatic nitrogens is 3. The average Bonchev–Trinajstić information content (AvgIpc) is 2.82. The molecule has 0 saturated carbocycles. The zero-order valence-electron chi connectivity index (χ0n) is 7.96. The van der Waals surface area contributed by atoms with Crippen LogP contribution in [0.2, 0.25) is 0 Å². The van der Waals surface area contributed by atoms with Crippen LogP contribution in [-0.4, -0.2) is 15.0 Å². The second kappa shape index (κ2) is 3.20. The normalized spacial score (nSPS) is 10.7. The quantitative estimate of drug-likeness (QED) is 0.594. The minimum absolute atomic E-state index is 1.03. The standard InChI is InChI=1S/C12H8N3/c1-2-6-11-10(4-1)5-3-7-12(11)15-9-8-13-14-15/h1-7,9H. The van der Waals surface area contributed by atoms with Crippen molar-refractivity contribution in [3.8, 4) is 5.69 Å². The molecule has 3 aromatic rings. The van der Waals surface area contributed by atoms with Crippen LogP contribution in [0.25, 0.3) is 16.5 Å². The molecule has 0 aliphatic rings.